The van der Waals surface area contributed by atoms with Crippen molar-refractivity contribution in [1.29, 1.82) is 0 Å². The fourth-order valence-electron chi connectivity index (χ4n) is 3.74. The van der Waals surface area contributed by atoms with Gasteiger partial charge in [0, 0.05) is 18.2 Å². The normalized spacial score (nSPS) is 10.8. The van der Waals surface area contributed by atoms with Crippen LogP contribution in [-0.4, -0.2) is 55.1 Å². The topological polar surface area (TPSA) is 89.2 Å². The summed E-state index contributed by atoms with van der Waals surface area (Å²) < 4.78 is 29.0. The third kappa shape index (κ3) is 4.21. The molecule has 0 spiro atoms. The molecule has 4 aromatic rings. The Bertz CT molecular complexity index is 1270. The van der Waals surface area contributed by atoms with Crippen LogP contribution in [0.5, 0.6) is 28.7 Å². The van der Waals surface area contributed by atoms with Crippen LogP contribution in [0.2, 0.25) is 0 Å². The molecule has 0 unspecified atom stereocenters. The lowest BCUT2D eigenvalue weighted by molar-refractivity contribution is 0.325. The van der Waals surface area contributed by atoms with E-state index in [1.54, 1.807) is 46.3 Å². The summed E-state index contributed by atoms with van der Waals surface area (Å²) in [6.45, 7) is 0. The van der Waals surface area contributed by atoms with E-state index in [0.29, 0.717) is 46.8 Å². The Labute approximate surface area is 191 Å². The highest BCUT2D eigenvalue weighted by atomic mass is 16.5. The highest BCUT2D eigenvalue weighted by Gasteiger charge is 2.20. The van der Waals surface area contributed by atoms with E-state index in [4.69, 9.17) is 28.8 Å². The van der Waals surface area contributed by atoms with Crippen molar-refractivity contribution in [3.63, 3.8) is 0 Å². The largest absolute Gasteiger partial charge is 0.493 e. The van der Waals surface area contributed by atoms with Gasteiger partial charge in [-0.05, 0) is 42.3 Å². The van der Waals surface area contributed by atoms with E-state index in [9.17, 15) is 0 Å². The van der Waals surface area contributed by atoms with Gasteiger partial charge in [0.05, 0.1) is 41.2 Å². The van der Waals surface area contributed by atoms with Crippen LogP contribution in [-0.2, 0) is 12.8 Å². The van der Waals surface area contributed by atoms with Crippen LogP contribution >= 0.6 is 0 Å². The molecule has 9 heteroatoms. The lowest BCUT2D eigenvalue weighted by atomic mass is 10.1. The monoisotopic (exact) mass is 450 g/mol. The smallest absolute Gasteiger partial charge is 0.252 e. The molecule has 0 atom stereocenters. The molecule has 9 nitrogen and oxygen atoms in total. The van der Waals surface area contributed by atoms with Crippen molar-refractivity contribution in [2.75, 3.05) is 35.5 Å². The number of hydrogen-bond acceptors (Lipinski definition) is 8. The molecule has 0 bridgehead atoms. The molecule has 0 amide bonds. The maximum Gasteiger partial charge on any atom is 0.252 e. The molecule has 0 fully saturated rings. The first-order chi connectivity index (χ1) is 16.1. The van der Waals surface area contributed by atoms with Crippen molar-refractivity contribution in [3.05, 3.63) is 54.0 Å². The van der Waals surface area contributed by atoms with Crippen LogP contribution in [0.25, 0.3) is 17.0 Å². The molecular formula is C24H26N4O5. The summed E-state index contributed by atoms with van der Waals surface area (Å²) in [4.78, 5) is 8.99. The van der Waals surface area contributed by atoms with Gasteiger partial charge >= 0.3 is 0 Å². The van der Waals surface area contributed by atoms with Crippen LogP contribution in [0.3, 0.4) is 0 Å². The molecule has 2 aromatic heterocycles. The Morgan fingerprint density at radius 3 is 2.15 bits per heavy atom. The zero-order valence-electron chi connectivity index (χ0n) is 19.3. The number of methoxy groups -OCH3 is 5. The van der Waals surface area contributed by atoms with E-state index < -0.39 is 0 Å². The van der Waals surface area contributed by atoms with E-state index in [-0.39, 0.29) is 0 Å². The van der Waals surface area contributed by atoms with Gasteiger partial charge in [0.15, 0.2) is 28.8 Å². The van der Waals surface area contributed by atoms with Gasteiger partial charge in [-0.25, -0.2) is 4.98 Å². The van der Waals surface area contributed by atoms with E-state index >= 15 is 0 Å². The van der Waals surface area contributed by atoms with E-state index in [1.165, 1.54) is 0 Å². The second kappa shape index (κ2) is 9.64. The predicted molar refractivity (Wildman–Crippen MR) is 123 cm³/mol. The lowest BCUT2D eigenvalue weighted by Crippen LogP contribution is -2.01. The van der Waals surface area contributed by atoms with Crippen LogP contribution in [0.4, 0.5) is 0 Å². The molecule has 0 aliphatic heterocycles. The minimum atomic E-state index is 0.506. The first-order valence-corrected chi connectivity index (χ1v) is 10.3. The molecule has 0 aliphatic carbocycles. The molecule has 172 valence electrons. The van der Waals surface area contributed by atoms with Crippen LogP contribution in [0, 0.1) is 0 Å². The molecule has 0 aliphatic rings. The summed E-state index contributed by atoms with van der Waals surface area (Å²) in [6, 6.07) is 11.5. The van der Waals surface area contributed by atoms with Crippen LogP contribution < -0.4 is 23.7 Å². The Hall–Kier alpha value is -4.01. The van der Waals surface area contributed by atoms with Crippen molar-refractivity contribution >= 4 is 5.78 Å². The molecule has 4 rings (SSSR count). The lowest BCUT2D eigenvalue weighted by Gasteiger charge is -2.16. The summed E-state index contributed by atoms with van der Waals surface area (Å²) in [5, 5.41) is 4.71. The summed E-state index contributed by atoms with van der Waals surface area (Å²) >= 11 is 0. The minimum Gasteiger partial charge on any atom is -0.493 e. The number of ether oxygens (including phenoxy) is 5. The first-order valence-electron chi connectivity index (χ1n) is 10.3. The van der Waals surface area contributed by atoms with Gasteiger partial charge in [-0.2, -0.15) is 9.50 Å². The number of aromatic nitrogens is 4. The van der Waals surface area contributed by atoms with Gasteiger partial charge in [0.1, 0.15) is 0 Å². The predicted octanol–water partition coefficient (Wildman–Crippen LogP) is 3.62. The third-order valence-electron chi connectivity index (χ3n) is 5.35. The summed E-state index contributed by atoms with van der Waals surface area (Å²) in [5.74, 6) is 4.23. The highest BCUT2D eigenvalue weighted by Crippen LogP contribution is 2.44. The molecule has 0 saturated heterocycles. The SMILES string of the molecule is COc1ccc(CCc2nc3nccc(-c4ccc(OC)c(OC)c4OC)n3n2)cc1OC. The fraction of sp³-hybridized carbons (Fsp3) is 0.292. The summed E-state index contributed by atoms with van der Waals surface area (Å²) in [5.41, 5.74) is 2.67. The highest BCUT2D eigenvalue weighted by molar-refractivity contribution is 5.75. The Balaban J connectivity index is 1.67. The number of nitrogens with zero attached hydrogens (tertiary/aromatic N) is 4. The average Bonchev–Trinajstić information content (AvgIpc) is 3.29. The molecule has 2 aromatic carbocycles. The van der Waals surface area contributed by atoms with Crippen molar-refractivity contribution in [2.24, 2.45) is 0 Å². The Morgan fingerprint density at radius 1 is 0.727 bits per heavy atom. The van der Waals surface area contributed by atoms with Crippen molar-refractivity contribution < 1.29 is 23.7 Å². The molecule has 0 radical (unpaired) electrons. The quantitative estimate of drug-likeness (QED) is 0.382. The number of hydrogen-bond donors (Lipinski definition) is 0. The standard InChI is InChI=1S/C24H26N4O5/c1-29-18-9-6-15(14-20(18)31-3)7-11-21-26-24-25-13-12-17(28(24)27-21)16-8-10-19(30-2)23(33-5)22(16)32-4/h6,8-10,12-14H,7,11H2,1-5H3. The zero-order valence-corrected chi connectivity index (χ0v) is 19.3. The second-order valence-corrected chi connectivity index (χ2v) is 7.14. The van der Waals surface area contributed by atoms with Gasteiger partial charge in [-0.1, -0.05) is 6.07 Å². The number of rotatable bonds is 9. The van der Waals surface area contributed by atoms with Crippen LogP contribution in [0.1, 0.15) is 11.4 Å². The molecule has 0 N–H and O–H groups in total. The molecule has 33 heavy (non-hydrogen) atoms. The number of fused-ring (bicyclic) bond motifs is 1. The first kappa shape index (κ1) is 22.2. The number of aryl methyl sites for hydroxylation is 2. The van der Waals surface area contributed by atoms with Crippen molar-refractivity contribution in [3.8, 4) is 40.0 Å². The van der Waals surface area contributed by atoms with Crippen LogP contribution in [0.15, 0.2) is 42.6 Å². The van der Waals surface area contributed by atoms with E-state index in [0.717, 1.165) is 23.2 Å². The molecule has 0 saturated carbocycles. The maximum atomic E-state index is 5.66. The molecule has 2 heterocycles. The van der Waals surface area contributed by atoms with Crippen molar-refractivity contribution in [2.45, 2.75) is 12.8 Å². The van der Waals surface area contributed by atoms with Gasteiger partial charge in [0.25, 0.3) is 5.78 Å². The van der Waals surface area contributed by atoms with Gasteiger partial charge in [-0.15, -0.1) is 5.10 Å². The fourth-order valence-corrected chi connectivity index (χ4v) is 3.74. The Morgan fingerprint density at radius 2 is 1.45 bits per heavy atom. The van der Waals surface area contributed by atoms with E-state index in [2.05, 4.69) is 9.97 Å². The number of benzene rings is 2. The van der Waals surface area contributed by atoms with Gasteiger partial charge < -0.3 is 23.7 Å². The Kier molecular flexibility index (Phi) is 6.48. The summed E-state index contributed by atoms with van der Waals surface area (Å²) in [7, 11) is 8.00. The van der Waals surface area contributed by atoms with Gasteiger partial charge in [0.2, 0.25) is 5.75 Å². The third-order valence-corrected chi connectivity index (χ3v) is 5.35. The second-order valence-electron chi connectivity index (χ2n) is 7.14. The van der Waals surface area contributed by atoms with Crippen molar-refractivity contribution in [1.82, 2.24) is 19.6 Å². The maximum absolute atomic E-state index is 5.66. The summed E-state index contributed by atoms with van der Waals surface area (Å²) in [6.07, 6.45) is 3.08. The minimum absolute atomic E-state index is 0.506. The van der Waals surface area contributed by atoms with Gasteiger partial charge in [-0.3, -0.25) is 0 Å². The van der Waals surface area contributed by atoms with E-state index in [1.807, 2.05) is 36.4 Å². The molecular weight excluding hydrogens is 424 g/mol. The zero-order chi connectivity index (χ0) is 23.4. The average molecular weight is 450 g/mol.